The average Bonchev–Trinajstić information content (AvgIpc) is 2.15. The standard InChI is InChI=1S/C4H5N3S2/c5-4(8)9-3-1-2-6-7-3/h1-2H,(H2,5,8)(H,6,7). The van der Waals surface area contributed by atoms with Crippen LogP contribution in [-0.4, -0.2) is 14.5 Å². The van der Waals surface area contributed by atoms with E-state index in [1.807, 2.05) is 6.07 Å². The van der Waals surface area contributed by atoms with Gasteiger partial charge in [0.1, 0.15) is 4.32 Å². The Morgan fingerprint density at radius 3 is 3.11 bits per heavy atom. The molecular weight excluding hydrogens is 154 g/mol. The first-order valence-electron chi connectivity index (χ1n) is 2.25. The van der Waals surface area contributed by atoms with E-state index in [2.05, 4.69) is 22.4 Å². The highest BCUT2D eigenvalue weighted by molar-refractivity contribution is 8.22. The van der Waals surface area contributed by atoms with E-state index in [0.717, 1.165) is 5.03 Å². The summed E-state index contributed by atoms with van der Waals surface area (Å²) in [6.07, 6.45) is 1.65. The van der Waals surface area contributed by atoms with Gasteiger partial charge in [0.25, 0.3) is 0 Å². The predicted molar refractivity (Wildman–Crippen MR) is 41.2 cm³/mol. The number of rotatable bonds is 1. The number of aromatic amines is 1. The molecule has 0 aliphatic carbocycles. The van der Waals surface area contributed by atoms with Crippen LogP contribution in [0.5, 0.6) is 0 Å². The fourth-order valence-corrected chi connectivity index (χ4v) is 1.12. The fourth-order valence-electron chi connectivity index (χ4n) is 0.408. The van der Waals surface area contributed by atoms with Crippen LogP contribution in [-0.2, 0) is 0 Å². The Balaban J connectivity index is 2.58. The Morgan fingerprint density at radius 1 is 1.89 bits per heavy atom. The van der Waals surface area contributed by atoms with Crippen molar-refractivity contribution in [2.24, 2.45) is 5.73 Å². The van der Waals surface area contributed by atoms with Crippen molar-refractivity contribution in [1.82, 2.24) is 10.2 Å². The van der Waals surface area contributed by atoms with Gasteiger partial charge >= 0.3 is 0 Å². The molecule has 0 bridgehead atoms. The third-order valence-electron chi connectivity index (χ3n) is 0.686. The lowest BCUT2D eigenvalue weighted by atomic mass is 10.8. The normalized spacial score (nSPS) is 9.33. The molecule has 1 aromatic heterocycles. The maximum Gasteiger partial charge on any atom is 0.137 e. The summed E-state index contributed by atoms with van der Waals surface area (Å²) in [6, 6.07) is 1.81. The van der Waals surface area contributed by atoms with Gasteiger partial charge in [0.15, 0.2) is 0 Å². The predicted octanol–water partition coefficient (Wildman–Crippen LogP) is 0.745. The number of nitrogens with two attached hydrogens (primary N) is 1. The van der Waals surface area contributed by atoms with Crippen molar-refractivity contribution in [3.8, 4) is 0 Å². The van der Waals surface area contributed by atoms with Crippen LogP contribution >= 0.6 is 24.0 Å². The van der Waals surface area contributed by atoms with Crippen molar-refractivity contribution in [3.05, 3.63) is 12.3 Å². The summed E-state index contributed by atoms with van der Waals surface area (Å²) < 4.78 is 0.402. The van der Waals surface area contributed by atoms with E-state index in [9.17, 15) is 0 Å². The summed E-state index contributed by atoms with van der Waals surface area (Å²) in [5.74, 6) is 0. The SMILES string of the molecule is NC(=S)Sc1ccn[nH]1. The van der Waals surface area contributed by atoms with Crippen LogP contribution in [0.3, 0.4) is 0 Å². The number of thiocarbonyl (C=S) groups is 1. The molecule has 0 saturated heterocycles. The van der Waals surface area contributed by atoms with Gasteiger partial charge in [0.05, 0.1) is 5.03 Å². The van der Waals surface area contributed by atoms with Crippen LogP contribution in [0.4, 0.5) is 0 Å². The molecule has 1 rings (SSSR count). The van der Waals surface area contributed by atoms with Gasteiger partial charge in [-0.05, 0) is 17.8 Å². The quantitative estimate of drug-likeness (QED) is 0.469. The molecule has 0 aliphatic heterocycles. The number of thioether (sulfide) groups is 1. The van der Waals surface area contributed by atoms with Gasteiger partial charge in [-0.1, -0.05) is 12.2 Å². The van der Waals surface area contributed by atoms with Gasteiger partial charge in [-0.3, -0.25) is 5.10 Å². The maximum atomic E-state index is 5.23. The molecule has 9 heavy (non-hydrogen) atoms. The van der Waals surface area contributed by atoms with Crippen LogP contribution in [0.2, 0.25) is 0 Å². The highest BCUT2D eigenvalue weighted by Crippen LogP contribution is 2.12. The second kappa shape index (κ2) is 2.84. The van der Waals surface area contributed by atoms with Crippen molar-refractivity contribution >= 4 is 28.3 Å². The second-order valence-corrected chi connectivity index (χ2v) is 3.12. The molecule has 48 valence electrons. The zero-order chi connectivity index (χ0) is 6.69. The van der Waals surface area contributed by atoms with Crippen molar-refractivity contribution in [2.45, 2.75) is 5.03 Å². The number of aromatic nitrogens is 2. The highest BCUT2D eigenvalue weighted by Gasteiger charge is 1.93. The molecule has 0 aliphatic rings. The highest BCUT2D eigenvalue weighted by atomic mass is 32.2. The van der Waals surface area contributed by atoms with E-state index in [-0.39, 0.29) is 0 Å². The molecular formula is C4H5N3S2. The smallest absolute Gasteiger partial charge is 0.137 e. The van der Waals surface area contributed by atoms with Gasteiger partial charge < -0.3 is 5.73 Å². The third-order valence-corrected chi connectivity index (χ3v) is 1.58. The Labute approximate surface area is 62.0 Å². The minimum absolute atomic E-state index is 0.402. The first-order chi connectivity index (χ1) is 4.29. The Hall–Kier alpha value is -0.550. The van der Waals surface area contributed by atoms with Gasteiger partial charge in [-0.25, -0.2) is 0 Å². The average molecular weight is 159 g/mol. The van der Waals surface area contributed by atoms with E-state index in [1.54, 1.807) is 6.20 Å². The third kappa shape index (κ3) is 2.03. The topological polar surface area (TPSA) is 54.7 Å². The zero-order valence-electron chi connectivity index (χ0n) is 4.50. The van der Waals surface area contributed by atoms with Crippen LogP contribution in [0.15, 0.2) is 17.3 Å². The zero-order valence-corrected chi connectivity index (χ0v) is 6.13. The molecule has 1 aromatic rings. The number of nitrogens with one attached hydrogen (secondary N) is 1. The molecule has 0 atom stereocenters. The molecule has 0 amide bonds. The fraction of sp³-hybridized carbons (Fsp3) is 0. The van der Waals surface area contributed by atoms with Gasteiger partial charge in [-0.15, -0.1) is 0 Å². The Morgan fingerprint density at radius 2 is 2.67 bits per heavy atom. The summed E-state index contributed by atoms with van der Waals surface area (Å²) >= 11 is 5.93. The maximum absolute atomic E-state index is 5.23. The summed E-state index contributed by atoms with van der Waals surface area (Å²) in [7, 11) is 0. The number of hydrogen-bond donors (Lipinski definition) is 2. The molecule has 3 N–H and O–H groups in total. The lowest BCUT2D eigenvalue weighted by molar-refractivity contribution is 1.01. The molecule has 0 saturated carbocycles. The van der Waals surface area contributed by atoms with Crippen molar-refractivity contribution in [3.63, 3.8) is 0 Å². The van der Waals surface area contributed by atoms with E-state index in [0.29, 0.717) is 4.32 Å². The van der Waals surface area contributed by atoms with Crippen LogP contribution in [0.25, 0.3) is 0 Å². The molecule has 0 radical (unpaired) electrons. The summed E-state index contributed by atoms with van der Waals surface area (Å²) in [5, 5.41) is 7.31. The largest absolute Gasteiger partial charge is 0.384 e. The van der Waals surface area contributed by atoms with E-state index < -0.39 is 0 Å². The van der Waals surface area contributed by atoms with Crippen molar-refractivity contribution < 1.29 is 0 Å². The molecule has 0 spiro atoms. The summed E-state index contributed by atoms with van der Waals surface area (Å²) in [6.45, 7) is 0. The minimum atomic E-state index is 0.402. The van der Waals surface area contributed by atoms with Crippen molar-refractivity contribution in [1.29, 1.82) is 0 Å². The molecule has 3 nitrogen and oxygen atoms in total. The Kier molecular flexibility index (Phi) is 2.07. The van der Waals surface area contributed by atoms with Crippen molar-refractivity contribution in [2.75, 3.05) is 0 Å². The second-order valence-electron chi connectivity index (χ2n) is 1.34. The molecule has 0 aromatic carbocycles. The van der Waals surface area contributed by atoms with E-state index >= 15 is 0 Å². The van der Waals surface area contributed by atoms with Crippen LogP contribution in [0, 0.1) is 0 Å². The van der Waals surface area contributed by atoms with E-state index in [1.165, 1.54) is 11.8 Å². The van der Waals surface area contributed by atoms with Gasteiger partial charge in [0.2, 0.25) is 0 Å². The summed E-state index contributed by atoms with van der Waals surface area (Å²) in [4.78, 5) is 0. The molecule has 5 heteroatoms. The van der Waals surface area contributed by atoms with Gasteiger partial charge in [0, 0.05) is 6.20 Å². The lowest BCUT2D eigenvalue weighted by Crippen LogP contribution is -2.00. The summed E-state index contributed by atoms with van der Waals surface area (Å²) in [5.41, 5.74) is 5.23. The number of hydrogen-bond acceptors (Lipinski definition) is 3. The molecule has 0 fully saturated rings. The monoisotopic (exact) mass is 159 g/mol. The van der Waals surface area contributed by atoms with E-state index in [4.69, 9.17) is 5.73 Å². The Bertz CT molecular complexity index is 194. The van der Waals surface area contributed by atoms with Gasteiger partial charge in [-0.2, -0.15) is 5.10 Å². The number of nitrogens with zero attached hydrogens (tertiary/aromatic N) is 1. The molecule has 1 heterocycles. The van der Waals surface area contributed by atoms with Crippen LogP contribution in [0.1, 0.15) is 0 Å². The lowest BCUT2D eigenvalue weighted by Gasteiger charge is -1.89. The first kappa shape index (κ1) is 6.57. The minimum Gasteiger partial charge on any atom is -0.384 e. The van der Waals surface area contributed by atoms with Crippen LogP contribution < -0.4 is 5.73 Å². The first-order valence-corrected chi connectivity index (χ1v) is 3.48. The molecule has 0 unspecified atom stereocenters. The number of H-pyrrole nitrogens is 1.